The normalized spacial score (nSPS) is 12.7. The molecule has 2 rings (SSSR count). The highest BCUT2D eigenvalue weighted by atomic mass is 79.9. The van der Waals surface area contributed by atoms with Crippen LogP contribution in [0.25, 0.3) is 0 Å². The second kappa shape index (κ2) is 6.07. The molecule has 1 unspecified atom stereocenters. The van der Waals surface area contributed by atoms with Gasteiger partial charge in [-0.15, -0.1) is 11.3 Å². The van der Waals surface area contributed by atoms with Crippen molar-refractivity contribution in [2.75, 3.05) is 7.05 Å². The van der Waals surface area contributed by atoms with Crippen molar-refractivity contribution >= 4 is 27.3 Å². The lowest BCUT2D eigenvalue weighted by molar-refractivity contribution is 0.476. The number of nitrogens with one attached hydrogen (secondary N) is 1. The fourth-order valence-corrected chi connectivity index (χ4v) is 3.39. The third-order valence-electron chi connectivity index (χ3n) is 2.77. The molecule has 1 aromatic carbocycles. The molecule has 0 aliphatic carbocycles. The van der Waals surface area contributed by atoms with E-state index in [-0.39, 0.29) is 5.56 Å². The zero-order chi connectivity index (χ0) is 14.0. The Bertz CT molecular complexity index is 562. The van der Waals surface area contributed by atoms with Crippen molar-refractivity contribution in [1.29, 1.82) is 0 Å². The van der Waals surface area contributed by atoms with Crippen LogP contribution in [0.15, 0.2) is 28.1 Å². The number of thiophene rings is 1. The molecule has 1 N–H and O–H groups in total. The van der Waals surface area contributed by atoms with E-state index in [2.05, 4.69) is 21.2 Å². The Labute approximate surface area is 121 Å². The van der Waals surface area contributed by atoms with Crippen LogP contribution in [0.4, 0.5) is 13.2 Å². The van der Waals surface area contributed by atoms with Gasteiger partial charge in [0, 0.05) is 44.9 Å². The molecule has 1 aromatic heterocycles. The predicted octanol–water partition coefficient (Wildman–Crippen LogP) is 4.43. The van der Waals surface area contributed by atoms with Crippen LogP contribution in [0.3, 0.4) is 0 Å². The first-order chi connectivity index (χ1) is 9.01. The Kier molecular flexibility index (Phi) is 4.65. The second-order valence-electron chi connectivity index (χ2n) is 4.06. The van der Waals surface area contributed by atoms with Gasteiger partial charge < -0.3 is 5.32 Å². The molecule has 0 saturated carbocycles. The Morgan fingerprint density at radius 3 is 2.32 bits per heavy atom. The first kappa shape index (κ1) is 14.6. The molecule has 6 heteroatoms. The third kappa shape index (κ3) is 3.38. The molecule has 0 bridgehead atoms. The summed E-state index contributed by atoms with van der Waals surface area (Å²) in [5, 5.41) is 4.77. The van der Waals surface area contributed by atoms with Crippen molar-refractivity contribution in [3.63, 3.8) is 0 Å². The molecular formula is C13H11BrF3NS. The molecular weight excluding hydrogens is 339 g/mol. The van der Waals surface area contributed by atoms with E-state index < -0.39 is 23.5 Å². The lowest BCUT2D eigenvalue weighted by Crippen LogP contribution is -2.21. The van der Waals surface area contributed by atoms with E-state index in [1.54, 1.807) is 7.05 Å². The van der Waals surface area contributed by atoms with Gasteiger partial charge in [-0.05, 0) is 29.0 Å². The van der Waals surface area contributed by atoms with E-state index in [0.29, 0.717) is 18.6 Å². The number of benzene rings is 1. The first-order valence-corrected chi connectivity index (χ1v) is 7.23. The molecule has 0 aliphatic rings. The maximum absolute atomic E-state index is 13.7. The Balaban J connectivity index is 2.32. The molecule has 1 heterocycles. The fourth-order valence-electron chi connectivity index (χ4n) is 1.90. The largest absolute Gasteiger partial charge is 0.313 e. The molecule has 2 aromatic rings. The Morgan fingerprint density at radius 2 is 1.84 bits per heavy atom. The summed E-state index contributed by atoms with van der Waals surface area (Å²) in [6.07, 6.45) is 0.437. The van der Waals surface area contributed by atoms with Crippen LogP contribution in [0.1, 0.15) is 16.5 Å². The van der Waals surface area contributed by atoms with E-state index in [9.17, 15) is 13.2 Å². The van der Waals surface area contributed by atoms with Crippen LogP contribution in [0.2, 0.25) is 0 Å². The van der Waals surface area contributed by atoms with Gasteiger partial charge in [0.1, 0.15) is 17.5 Å². The molecule has 1 atom stereocenters. The van der Waals surface area contributed by atoms with E-state index in [1.807, 2.05) is 11.4 Å². The number of halogens is 4. The van der Waals surface area contributed by atoms with Crippen LogP contribution in [0.5, 0.6) is 0 Å². The molecule has 19 heavy (non-hydrogen) atoms. The van der Waals surface area contributed by atoms with Crippen LogP contribution in [0, 0.1) is 17.5 Å². The van der Waals surface area contributed by atoms with Crippen molar-refractivity contribution in [2.45, 2.75) is 12.5 Å². The van der Waals surface area contributed by atoms with Gasteiger partial charge in [-0.2, -0.15) is 0 Å². The predicted molar refractivity (Wildman–Crippen MR) is 73.8 cm³/mol. The maximum Gasteiger partial charge on any atom is 0.133 e. The van der Waals surface area contributed by atoms with Crippen LogP contribution < -0.4 is 5.32 Å². The smallest absolute Gasteiger partial charge is 0.133 e. The van der Waals surface area contributed by atoms with Gasteiger partial charge in [0.25, 0.3) is 0 Å². The topological polar surface area (TPSA) is 12.0 Å². The molecule has 1 nitrogen and oxygen atoms in total. The summed E-state index contributed by atoms with van der Waals surface area (Å²) >= 11 is 4.83. The summed E-state index contributed by atoms with van der Waals surface area (Å²) < 4.78 is 41.3. The van der Waals surface area contributed by atoms with Gasteiger partial charge in [-0.25, -0.2) is 13.2 Å². The number of hydrogen-bond donors (Lipinski definition) is 1. The van der Waals surface area contributed by atoms with Crippen molar-refractivity contribution in [3.05, 3.63) is 55.9 Å². The molecule has 0 fully saturated rings. The van der Waals surface area contributed by atoms with E-state index in [1.165, 1.54) is 11.3 Å². The number of likely N-dealkylation sites (N-methyl/N-ethyl adjacent to an activating group) is 1. The van der Waals surface area contributed by atoms with Gasteiger partial charge in [-0.3, -0.25) is 0 Å². The average molecular weight is 350 g/mol. The molecule has 0 radical (unpaired) electrons. The summed E-state index contributed by atoms with van der Waals surface area (Å²) in [6, 6.07) is 2.76. The standard InChI is InChI=1S/C13H11BrF3NS/c1-18-12(5-9-2-7(14)6-19-9)13-10(16)3-8(15)4-11(13)17/h2-4,6,12,18H,5H2,1H3. The van der Waals surface area contributed by atoms with Crippen molar-refractivity contribution < 1.29 is 13.2 Å². The summed E-state index contributed by atoms with van der Waals surface area (Å²) in [5.74, 6) is -2.65. The molecule has 0 aliphatic heterocycles. The zero-order valence-corrected chi connectivity index (χ0v) is 12.4. The van der Waals surface area contributed by atoms with Gasteiger partial charge >= 0.3 is 0 Å². The van der Waals surface area contributed by atoms with Crippen molar-refractivity contribution in [1.82, 2.24) is 5.32 Å². The minimum Gasteiger partial charge on any atom is -0.313 e. The summed E-state index contributed by atoms with van der Waals surface area (Å²) in [7, 11) is 1.62. The fraction of sp³-hybridized carbons (Fsp3) is 0.231. The zero-order valence-electron chi connectivity index (χ0n) is 10.0. The highest BCUT2D eigenvalue weighted by molar-refractivity contribution is 9.10. The van der Waals surface area contributed by atoms with E-state index in [0.717, 1.165) is 9.35 Å². The minimum absolute atomic E-state index is 0.131. The van der Waals surface area contributed by atoms with Crippen LogP contribution >= 0.6 is 27.3 Å². The first-order valence-electron chi connectivity index (χ1n) is 5.56. The van der Waals surface area contributed by atoms with Crippen LogP contribution in [-0.2, 0) is 6.42 Å². The number of rotatable bonds is 4. The average Bonchev–Trinajstić information content (AvgIpc) is 2.72. The quantitative estimate of drug-likeness (QED) is 0.860. The summed E-state index contributed by atoms with van der Waals surface area (Å²) in [4.78, 5) is 0.981. The van der Waals surface area contributed by atoms with Gasteiger partial charge in [0.2, 0.25) is 0 Å². The third-order valence-corrected chi connectivity index (χ3v) is 4.49. The van der Waals surface area contributed by atoms with Gasteiger partial charge in [0.15, 0.2) is 0 Å². The number of hydrogen-bond acceptors (Lipinski definition) is 2. The maximum atomic E-state index is 13.7. The summed E-state index contributed by atoms with van der Waals surface area (Å²) in [5.41, 5.74) is -0.131. The monoisotopic (exact) mass is 349 g/mol. The Hall–Kier alpha value is -0.850. The van der Waals surface area contributed by atoms with Crippen LogP contribution in [-0.4, -0.2) is 7.05 Å². The molecule has 0 saturated heterocycles. The summed E-state index contributed by atoms with van der Waals surface area (Å²) in [6.45, 7) is 0. The minimum atomic E-state index is -0.910. The lowest BCUT2D eigenvalue weighted by Gasteiger charge is -2.17. The van der Waals surface area contributed by atoms with Crippen molar-refractivity contribution in [2.24, 2.45) is 0 Å². The van der Waals surface area contributed by atoms with Gasteiger partial charge in [0.05, 0.1) is 0 Å². The van der Waals surface area contributed by atoms with E-state index >= 15 is 0 Å². The highest BCUT2D eigenvalue weighted by Gasteiger charge is 2.21. The molecule has 0 spiro atoms. The molecule has 102 valence electrons. The second-order valence-corrected chi connectivity index (χ2v) is 5.97. The lowest BCUT2D eigenvalue weighted by atomic mass is 10.0. The van der Waals surface area contributed by atoms with Crippen molar-refractivity contribution in [3.8, 4) is 0 Å². The Morgan fingerprint density at radius 1 is 1.21 bits per heavy atom. The highest BCUT2D eigenvalue weighted by Crippen LogP contribution is 2.28. The molecule has 0 amide bonds. The van der Waals surface area contributed by atoms with E-state index in [4.69, 9.17) is 0 Å². The SMILES string of the molecule is CNC(Cc1cc(Br)cs1)c1c(F)cc(F)cc1F. The van der Waals surface area contributed by atoms with Gasteiger partial charge in [-0.1, -0.05) is 0 Å².